The summed E-state index contributed by atoms with van der Waals surface area (Å²) in [6, 6.07) is 11.1. The molecular formula is C20H28O3S. The zero-order valence-electron chi connectivity index (χ0n) is 14.7. The van der Waals surface area contributed by atoms with Crippen LogP contribution in [-0.4, -0.2) is 13.0 Å². The van der Waals surface area contributed by atoms with Crippen molar-refractivity contribution in [3.63, 3.8) is 0 Å². The van der Waals surface area contributed by atoms with Crippen molar-refractivity contribution in [2.24, 2.45) is 0 Å². The summed E-state index contributed by atoms with van der Waals surface area (Å²) >= 11 is 0. The molecule has 2 aromatic carbocycles. The van der Waals surface area contributed by atoms with Crippen LogP contribution in [0.15, 0.2) is 41.3 Å². The van der Waals surface area contributed by atoms with Crippen molar-refractivity contribution in [3.8, 4) is 0 Å². The summed E-state index contributed by atoms with van der Waals surface area (Å²) < 4.78 is 33.7. The molecule has 24 heavy (non-hydrogen) atoms. The normalized spacial score (nSPS) is 13.3. The third-order valence-electron chi connectivity index (χ3n) is 4.69. The fraction of sp³-hybridized carbons (Fsp3) is 0.500. The van der Waals surface area contributed by atoms with Gasteiger partial charge in [0.05, 0.1) is 0 Å². The Kier molecular flexibility index (Phi) is 6.81. The van der Waals surface area contributed by atoms with Crippen molar-refractivity contribution in [1.82, 2.24) is 0 Å². The molecule has 0 fully saturated rings. The topological polar surface area (TPSA) is 54.4 Å². The lowest BCUT2D eigenvalue weighted by Gasteiger charge is -2.17. The Morgan fingerprint density at radius 1 is 0.958 bits per heavy atom. The number of fused-ring (bicyclic) bond motifs is 1. The van der Waals surface area contributed by atoms with Gasteiger partial charge in [0.1, 0.15) is 4.90 Å². The molecule has 1 unspecified atom stereocenters. The highest BCUT2D eigenvalue weighted by Crippen LogP contribution is 2.33. The summed E-state index contributed by atoms with van der Waals surface area (Å²) in [7, 11) is -4.25. The largest absolute Gasteiger partial charge is 0.295 e. The molecular weight excluding hydrogens is 320 g/mol. The Bertz CT molecular complexity index is 766. The van der Waals surface area contributed by atoms with Gasteiger partial charge in [-0.15, -0.1) is 0 Å². The first-order chi connectivity index (χ1) is 11.4. The van der Waals surface area contributed by atoms with Crippen LogP contribution in [0.3, 0.4) is 0 Å². The third kappa shape index (κ3) is 4.81. The molecule has 4 heteroatoms. The standard InChI is InChI=1S/C20H28O3S/c1-3-4-5-6-7-8-11-16(2)18-15-14-17-12-9-10-13-19(17)20(18)24(21,22)23/h9-10,12-16H,3-8,11H2,1-2H3,(H,21,22,23). The van der Waals surface area contributed by atoms with E-state index in [2.05, 4.69) is 6.92 Å². The van der Waals surface area contributed by atoms with Crippen LogP contribution in [0.2, 0.25) is 0 Å². The molecule has 2 rings (SSSR count). The molecule has 1 atom stereocenters. The maximum atomic E-state index is 12.0. The summed E-state index contributed by atoms with van der Waals surface area (Å²) in [4.78, 5) is 0.0825. The summed E-state index contributed by atoms with van der Waals surface area (Å²) in [5, 5.41) is 1.44. The molecule has 0 spiro atoms. The molecule has 0 aromatic heterocycles. The molecule has 0 saturated heterocycles. The first-order valence-electron chi connectivity index (χ1n) is 8.94. The van der Waals surface area contributed by atoms with Crippen molar-refractivity contribution in [2.45, 2.75) is 69.6 Å². The molecule has 0 saturated carbocycles. The maximum absolute atomic E-state index is 12.0. The van der Waals surface area contributed by atoms with E-state index in [1.807, 2.05) is 31.2 Å². The van der Waals surface area contributed by atoms with Gasteiger partial charge in [-0.3, -0.25) is 4.55 Å². The van der Waals surface area contributed by atoms with E-state index < -0.39 is 10.1 Å². The predicted molar refractivity (Wildman–Crippen MR) is 100 cm³/mol. The summed E-state index contributed by atoms with van der Waals surface area (Å²) in [5.41, 5.74) is 0.727. The fourth-order valence-electron chi connectivity index (χ4n) is 3.32. The van der Waals surface area contributed by atoms with Crippen LogP contribution in [-0.2, 0) is 10.1 Å². The Morgan fingerprint density at radius 3 is 2.33 bits per heavy atom. The van der Waals surface area contributed by atoms with Gasteiger partial charge in [-0.2, -0.15) is 8.42 Å². The Balaban J connectivity index is 2.19. The first-order valence-corrected chi connectivity index (χ1v) is 10.4. The van der Waals surface area contributed by atoms with Gasteiger partial charge in [-0.1, -0.05) is 88.8 Å². The Hall–Kier alpha value is -1.39. The molecule has 132 valence electrons. The smallest absolute Gasteiger partial charge is 0.282 e. The van der Waals surface area contributed by atoms with Gasteiger partial charge < -0.3 is 0 Å². The monoisotopic (exact) mass is 348 g/mol. The maximum Gasteiger partial charge on any atom is 0.295 e. The Labute approximate surface area is 145 Å². The average molecular weight is 349 g/mol. The molecule has 0 amide bonds. The van der Waals surface area contributed by atoms with E-state index in [0.29, 0.717) is 5.39 Å². The van der Waals surface area contributed by atoms with Crippen molar-refractivity contribution in [3.05, 3.63) is 42.0 Å². The minimum Gasteiger partial charge on any atom is -0.282 e. The van der Waals surface area contributed by atoms with E-state index in [9.17, 15) is 13.0 Å². The van der Waals surface area contributed by atoms with E-state index in [1.165, 1.54) is 32.1 Å². The summed E-state index contributed by atoms with van der Waals surface area (Å²) in [5.74, 6) is 0.109. The van der Waals surface area contributed by atoms with E-state index in [0.717, 1.165) is 23.8 Å². The van der Waals surface area contributed by atoms with Gasteiger partial charge >= 0.3 is 0 Å². The van der Waals surface area contributed by atoms with Crippen LogP contribution in [0.25, 0.3) is 10.8 Å². The van der Waals surface area contributed by atoms with E-state index in [-0.39, 0.29) is 10.8 Å². The van der Waals surface area contributed by atoms with Crippen LogP contribution in [0.4, 0.5) is 0 Å². The number of unbranched alkanes of at least 4 members (excludes halogenated alkanes) is 5. The number of hydrogen-bond donors (Lipinski definition) is 1. The number of benzene rings is 2. The summed E-state index contributed by atoms with van der Waals surface area (Å²) in [6.45, 7) is 4.25. The molecule has 0 aliphatic heterocycles. The zero-order chi connectivity index (χ0) is 17.6. The van der Waals surface area contributed by atoms with Gasteiger partial charge in [0.15, 0.2) is 0 Å². The van der Waals surface area contributed by atoms with Gasteiger partial charge in [-0.05, 0) is 23.3 Å². The van der Waals surface area contributed by atoms with E-state index in [4.69, 9.17) is 0 Å². The third-order valence-corrected chi connectivity index (χ3v) is 5.66. The average Bonchev–Trinajstić information content (AvgIpc) is 2.55. The van der Waals surface area contributed by atoms with Gasteiger partial charge in [0.2, 0.25) is 0 Å². The molecule has 0 radical (unpaired) electrons. The molecule has 0 aliphatic carbocycles. The highest BCUT2D eigenvalue weighted by atomic mass is 32.2. The Morgan fingerprint density at radius 2 is 1.62 bits per heavy atom. The van der Waals surface area contributed by atoms with Crippen molar-refractivity contribution in [1.29, 1.82) is 0 Å². The second-order valence-electron chi connectivity index (χ2n) is 6.64. The lowest BCUT2D eigenvalue weighted by atomic mass is 9.92. The van der Waals surface area contributed by atoms with Crippen LogP contribution < -0.4 is 0 Å². The molecule has 1 N–H and O–H groups in total. The van der Waals surface area contributed by atoms with Crippen LogP contribution in [0, 0.1) is 0 Å². The van der Waals surface area contributed by atoms with Crippen molar-refractivity contribution >= 4 is 20.9 Å². The number of rotatable bonds is 9. The first kappa shape index (κ1) is 18.9. The highest BCUT2D eigenvalue weighted by Gasteiger charge is 2.22. The van der Waals surface area contributed by atoms with E-state index in [1.54, 1.807) is 12.1 Å². The van der Waals surface area contributed by atoms with Gasteiger partial charge in [0.25, 0.3) is 10.1 Å². The quantitative estimate of drug-likeness (QED) is 0.450. The molecule has 3 nitrogen and oxygen atoms in total. The number of hydrogen-bond acceptors (Lipinski definition) is 2. The molecule has 0 heterocycles. The molecule has 0 bridgehead atoms. The highest BCUT2D eigenvalue weighted by molar-refractivity contribution is 7.86. The van der Waals surface area contributed by atoms with Gasteiger partial charge in [0, 0.05) is 5.39 Å². The fourth-order valence-corrected chi connectivity index (χ4v) is 4.35. The summed E-state index contributed by atoms with van der Waals surface area (Å²) in [6.07, 6.45) is 8.24. The predicted octanol–water partition coefficient (Wildman–Crippen LogP) is 5.94. The molecule has 0 aliphatic rings. The molecule has 2 aromatic rings. The van der Waals surface area contributed by atoms with Crippen molar-refractivity contribution < 1.29 is 13.0 Å². The van der Waals surface area contributed by atoms with Crippen LogP contribution in [0.1, 0.15) is 70.3 Å². The minimum atomic E-state index is -4.25. The minimum absolute atomic E-state index is 0.0825. The van der Waals surface area contributed by atoms with Gasteiger partial charge in [-0.25, -0.2) is 0 Å². The lowest BCUT2D eigenvalue weighted by molar-refractivity contribution is 0.480. The van der Waals surface area contributed by atoms with Crippen LogP contribution >= 0.6 is 0 Å². The van der Waals surface area contributed by atoms with Crippen LogP contribution in [0.5, 0.6) is 0 Å². The second kappa shape index (κ2) is 8.63. The zero-order valence-corrected chi connectivity index (χ0v) is 15.5. The lowest BCUT2D eigenvalue weighted by Crippen LogP contribution is -2.07. The van der Waals surface area contributed by atoms with Crippen molar-refractivity contribution in [2.75, 3.05) is 0 Å². The SMILES string of the molecule is CCCCCCCCC(C)c1ccc2ccccc2c1S(=O)(=O)O. The second-order valence-corrected chi connectivity index (χ2v) is 8.00. The van der Waals surface area contributed by atoms with E-state index >= 15 is 0 Å².